The molecule has 2 aliphatic rings. The highest BCUT2D eigenvalue weighted by Crippen LogP contribution is 2.32. The lowest BCUT2D eigenvalue weighted by molar-refractivity contribution is -0.121. The molecule has 3 aromatic heterocycles. The summed E-state index contributed by atoms with van der Waals surface area (Å²) in [6.45, 7) is 3.01. The lowest BCUT2D eigenvalue weighted by Gasteiger charge is -2.30. The fraction of sp³-hybridized carbons (Fsp3) is 0.417. The molecule has 1 aliphatic heterocycles. The minimum Gasteiger partial charge on any atom is -0.474 e. The standard InChI is InChI=1S/C24H27N5O3/c30-23(27-18-7-10-25-11-8-18)17-3-5-19(6-4-17)32-24-20-2-1-9-26-21(20)16-22(28-24)29-12-14-31-15-13-29/h1-2,7-11,16-17,19H,3-6,12-15H2,(H,25,27,30)/t17-,19+. The van der Waals surface area contributed by atoms with Gasteiger partial charge in [0.25, 0.3) is 0 Å². The Morgan fingerprint density at radius 3 is 2.62 bits per heavy atom. The number of hydrogen-bond donors (Lipinski definition) is 1. The number of pyridine rings is 3. The lowest BCUT2D eigenvalue weighted by Crippen LogP contribution is -2.37. The molecule has 3 aromatic rings. The highest BCUT2D eigenvalue weighted by Gasteiger charge is 2.28. The van der Waals surface area contributed by atoms with Gasteiger partial charge in [0.15, 0.2) is 0 Å². The maximum atomic E-state index is 12.6. The van der Waals surface area contributed by atoms with Crippen LogP contribution in [0.4, 0.5) is 11.5 Å². The van der Waals surface area contributed by atoms with Crippen molar-refractivity contribution >= 4 is 28.3 Å². The van der Waals surface area contributed by atoms with Crippen LogP contribution >= 0.6 is 0 Å². The average molecular weight is 434 g/mol. The number of morpholine rings is 1. The summed E-state index contributed by atoms with van der Waals surface area (Å²) in [4.78, 5) is 28.2. The van der Waals surface area contributed by atoms with Crippen LogP contribution < -0.4 is 15.0 Å². The van der Waals surface area contributed by atoms with Crippen LogP contribution in [0, 0.1) is 5.92 Å². The molecular weight excluding hydrogens is 406 g/mol. The van der Waals surface area contributed by atoms with Gasteiger partial charge in [-0.2, -0.15) is 4.98 Å². The second kappa shape index (κ2) is 9.48. The molecule has 8 heteroatoms. The zero-order valence-corrected chi connectivity index (χ0v) is 17.9. The SMILES string of the molecule is O=C(Nc1ccncc1)[C@H]1CC[C@@H](Oc2nc(N3CCOCC3)cc3ncccc23)CC1. The van der Waals surface area contributed by atoms with E-state index >= 15 is 0 Å². The number of anilines is 2. The number of carbonyl (C=O) groups is 1. The number of amides is 1. The first kappa shape index (κ1) is 20.6. The lowest BCUT2D eigenvalue weighted by atomic mass is 9.86. The highest BCUT2D eigenvalue weighted by atomic mass is 16.5. The quantitative estimate of drug-likeness (QED) is 0.659. The molecule has 8 nitrogen and oxygen atoms in total. The predicted molar refractivity (Wildman–Crippen MR) is 122 cm³/mol. The minimum atomic E-state index is -0.00549. The molecule has 0 bridgehead atoms. The first-order chi connectivity index (χ1) is 15.8. The van der Waals surface area contributed by atoms with Crippen molar-refractivity contribution < 1.29 is 14.3 Å². The third-order valence-electron chi connectivity index (χ3n) is 6.16. The molecule has 32 heavy (non-hydrogen) atoms. The van der Waals surface area contributed by atoms with Gasteiger partial charge in [0.05, 0.1) is 24.1 Å². The van der Waals surface area contributed by atoms with Crippen LogP contribution in [-0.2, 0) is 9.53 Å². The summed E-state index contributed by atoms with van der Waals surface area (Å²) in [5.74, 6) is 1.56. The monoisotopic (exact) mass is 433 g/mol. The summed E-state index contributed by atoms with van der Waals surface area (Å²) in [6, 6.07) is 9.54. The summed E-state index contributed by atoms with van der Waals surface area (Å²) in [7, 11) is 0. The molecule has 1 N–H and O–H groups in total. The van der Waals surface area contributed by atoms with Gasteiger partial charge in [-0.05, 0) is 49.9 Å². The van der Waals surface area contributed by atoms with Gasteiger partial charge in [-0.15, -0.1) is 0 Å². The summed E-state index contributed by atoms with van der Waals surface area (Å²) < 4.78 is 11.9. The Kier molecular flexibility index (Phi) is 6.11. The van der Waals surface area contributed by atoms with E-state index in [0.29, 0.717) is 19.1 Å². The first-order valence-electron chi connectivity index (χ1n) is 11.2. The van der Waals surface area contributed by atoms with Crippen molar-refractivity contribution in [1.29, 1.82) is 0 Å². The molecule has 1 aliphatic carbocycles. The fourth-order valence-corrected chi connectivity index (χ4v) is 4.36. The van der Waals surface area contributed by atoms with Crippen LogP contribution in [-0.4, -0.2) is 53.3 Å². The molecule has 0 atom stereocenters. The average Bonchev–Trinajstić information content (AvgIpc) is 2.85. The molecule has 1 saturated heterocycles. The minimum absolute atomic E-state index is 0.00549. The van der Waals surface area contributed by atoms with Crippen molar-refractivity contribution in [3.63, 3.8) is 0 Å². The van der Waals surface area contributed by atoms with E-state index in [0.717, 1.165) is 61.2 Å². The van der Waals surface area contributed by atoms with E-state index in [1.165, 1.54) is 0 Å². The van der Waals surface area contributed by atoms with E-state index in [1.54, 1.807) is 30.7 Å². The molecule has 0 unspecified atom stereocenters. The van der Waals surface area contributed by atoms with Gasteiger partial charge in [-0.3, -0.25) is 14.8 Å². The van der Waals surface area contributed by atoms with E-state index in [2.05, 4.69) is 20.2 Å². The zero-order chi connectivity index (χ0) is 21.8. The van der Waals surface area contributed by atoms with Crippen LogP contribution in [0.1, 0.15) is 25.7 Å². The van der Waals surface area contributed by atoms with E-state index < -0.39 is 0 Å². The third-order valence-corrected chi connectivity index (χ3v) is 6.16. The Hall–Kier alpha value is -3.26. The number of ether oxygens (including phenoxy) is 2. The van der Waals surface area contributed by atoms with Crippen molar-refractivity contribution in [2.45, 2.75) is 31.8 Å². The number of nitrogens with zero attached hydrogens (tertiary/aromatic N) is 4. The second-order valence-electron chi connectivity index (χ2n) is 8.27. The molecule has 4 heterocycles. The van der Waals surface area contributed by atoms with Crippen LogP contribution in [0.5, 0.6) is 5.88 Å². The Labute approximate surface area is 187 Å². The fourth-order valence-electron chi connectivity index (χ4n) is 4.36. The van der Waals surface area contributed by atoms with Crippen molar-refractivity contribution in [3.8, 4) is 5.88 Å². The van der Waals surface area contributed by atoms with E-state index in [-0.39, 0.29) is 17.9 Å². The van der Waals surface area contributed by atoms with E-state index in [4.69, 9.17) is 14.5 Å². The van der Waals surface area contributed by atoms with E-state index in [1.807, 2.05) is 18.2 Å². The van der Waals surface area contributed by atoms with Crippen LogP contribution in [0.3, 0.4) is 0 Å². The molecule has 0 spiro atoms. The van der Waals surface area contributed by atoms with Gasteiger partial charge in [0, 0.05) is 49.4 Å². The number of nitrogens with one attached hydrogen (secondary N) is 1. The predicted octanol–water partition coefficient (Wildman–Crippen LogP) is 3.44. The smallest absolute Gasteiger partial charge is 0.227 e. The van der Waals surface area contributed by atoms with Crippen molar-refractivity contribution in [1.82, 2.24) is 15.0 Å². The molecule has 0 aromatic carbocycles. The molecule has 2 fully saturated rings. The summed E-state index contributed by atoms with van der Waals surface area (Å²) in [6.07, 6.45) is 8.41. The number of hydrogen-bond acceptors (Lipinski definition) is 7. The Morgan fingerprint density at radius 1 is 1.06 bits per heavy atom. The number of aromatic nitrogens is 3. The Balaban J connectivity index is 1.26. The van der Waals surface area contributed by atoms with Crippen molar-refractivity contribution in [2.75, 3.05) is 36.5 Å². The Morgan fingerprint density at radius 2 is 1.84 bits per heavy atom. The second-order valence-corrected chi connectivity index (χ2v) is 8.27. The maximum absolute atomic E-state index is 12.6. The number of rotatable bonds is 5. The third kappa shape index (κ3) is 4.65. The van der Waals surface area contributed by atoms with Gasteiger partial charge in [0.1, 0.15) is 11.9 Å². The molecule has 0 radical (unpaired) electrons. The van der Waals surface area contributed by atoms with Gasteiger partial charge in [-0.25, -0.2) is 0 Å². The van der Waals surface area contributed by atoms with Crippen molar-refractivity contribution in [3.05, 3.63) is 48.9 Å². The Bertz CT molecular complexity index is 1060. The zero-order valence-electron chi connectivity index (χ0n) is 17.9. The van der Waals surface area contributed by atoms with Crippen LogP contribution in [0.25, 0.3) is 10.9 Å². The topological polar surface area (TPSA) is 89.5 Å². The molecule has 166 valence electrons. The number of carbonyl (C=O) groups excluding carboxylic acids is 1. The first-order valence-corrected chi connectivity index (χ1v) is 11.2. The van der Waals surface area contributed by atoms with Gasteiger partial charge in [0.2, 0.25) is 11.8 Å². The van der Waals surface area contributed by atoms with Gasteiger partial charge in [-0.1, -0.05) is 0 Å². The van der Waals surface area contributed by atoms with Crippen molar-refractivity contribution in [2.24, 2.45) is 5.92 Å². The summed E-state index contributed by atoms with van der Waals surface area (Å²) in [5.41, 5.74) is 1.66. The summed E-state index contributed by atoms with van der Waals surface area (Å²) >= 11 is 0. The molecular formula is C24H27N5O3. The number of fused-ring (bicyclic) bond motifs is 1. The molecule has 1 amide bonds. The largest absolute Gasteiger partial charge is 0.474 e. The maximum Gasteiger partial charge on any atom is 0.227 e. The van der Waals surface area contributed by atoms with E-state index in [9.17, 15) is 4.79 Å². The van der Waals surface area contributed by atoms with Gasteiger partial charge >= 0.3 is 0 Å². The molecule has 5 rings (SSSR count). The molecule has 1 saturated carbocycles. The normalized spacial score (nSPS) is 21.3. The highest BCUT2D eigenvalue weighted by molar-refractivity contribution is 5.92. The van der Waals surface area contributed by atoms with Crippen LogP contribution in [0.15, 0.2) is 48.9 Å². The summed E-state index contributed by atoms with van der Waals surface area (Å²) in [5, 5.41) is 3.91. The van der Waals surface area contributed by atoms with Gasteiger partial charge < -0.3 is 19.7 Å². The van der Waals surface area contributed by atoms with Crippen LogP contribution in [0.2, 0.25) is 0 Å².